The van der Waals surface area contributed by atoms with Crippen molar-refractivity contribution in [3.8, 4) is 22.6 Å². The predicted molar refractivity (Wildman–Crippen MR) is 173 cm³/mol. The minimum Gasteiger partial charge on any atom is -0.490 e. The van der Waals surface area contributed by atoms with E-state index in [1.165, 1.54) is 43.8 Å². The van der Waals surface area contributed by atoms with Crippen molar-refractivity contribution in [2.45, 2.75) is 18.6 Å². The van der Waals surface area contributed by atoms with Crippen LogP contribution in [0.5, 0.6) is 11.5 Å². The summed E-state index contributed by atoms with van der Waals surface area (Å²) < 4.78 is 21.7. The van der Waals surface area contributed by atoms with Gasteiger partial charge in [0.15, 0.2) is 0 Å². The van der Waals surface area contributed by atoms with E-state index >= 15 is 0 Å². The van der Waals surface area contributed by atoms with Crippen molar-refractivity contribution >= 4 is 21.5 Å². The van der Waals surface area contributed by atoms with E-state index < -0.39 is 0 Å². The van der Waals surface area contributed by atoms with Gasteiger partial charge in [0.2, 0.25) is 0 Å². The Bertz CT molecular complexity index is 1690. The van der Waals surface area contributed by atoms with Crippen LogP contribution in [0.1, 0.15) is 11.1 Å². The Morgan fingerprint density at radius 2 is 0.860 bits per heavy atom. The fourth-order valence-corrected chi connectivity index (χ4v) is 5.42. The zero-order valence-electron chi connectivity index (χ0n) is 24.0. The average Bonchev–Trinajstić information content (AvgIpc) is 4.01. The molecule has 2 heterocycles. The number of epoxide rings is 2. The van der Waals surface area contributed by atoms with E-state index in [2.05, 4.69) is 84.9 Å². The summed E-state index contributed by atoms with van der Waals surface area (Å²) in [6.45, 7) is 3.00. The Balaban J connectivity index is 0.000000105. The molecule has 4 nitrogen and oxygen atoms in total. The minimum absolute atomic E-state index is 0.309. The molecule has 43 heavy (non-hydrogen) atoms. The van der Waals surface area contributed by atoms with Crippen LogP contribution in [0.15, 0.2) is 133 Å². The van der Waals surface area contributed by atoms with Crippen molar-refractivity contribution < 1.29 is 18.9 Å². The lowest BCUT2D eigenvalue weighted by atomic mass is 10.1. The first-order valence-corrected chi connectivity index (χ1v) is 14.9. The predicted octanol–water partition coefficient (Wildman–Crippen LogP) is 8.49. The van der Waals surface area contributed by atoms with Crippen LogP contribution >= 0.6 is 0 Å². The van der Waals surface area contributed by atoms with Crippen molar-refractivity contribution in [1.29, 1.82) is 0 Å². The number of rotatable bonds is 6. The number of benzene rings is 6. The zero-order chi connectivity index (χ0) is 28.8. The second-order valence-electron chi connectivity index (χ2n) is 11.0. The fourth-order valence-electron chi connectivity index (χ4n) is 5.42. The summed E-state index contributed by atoms with van der Waals surface area (Å²) in [7, 11) is 0. The lowest BCUT2D eigenvalue weighted by Gasteiger charge is -2.07. The van der Waals surface area contributed by atoms with Gasteiger partial charge in [-0.2, -0.15) is 0 Å². The van der Waals surface area contributed by atoms with Crippen molar-refractivity contribution in [2.75, 3.05) is 26.4 Å². The first-order chi connectivity index (χ1) is 21.3. The number of hydrogen-bond acceptors (Lipinski definition) is 4. The largest absolute Gasteiger partial charge is 0.490 e. The average molecular weight is 567 g/mol. The molecule has 6 aromatic carbocycles. The van der Waals surface area contributed by atoms with Gasteiger partial charge in [-0.25, -0.2) is 0 Å². The smallest absolute Gasteiger partial charge is 0.127 e. The van der Waals surface area contributed by atoms with Gasteiger partial charge in [-0.1, -0.05) is 121 Å². The van der Waals surface area contributed by atoms with E-state index in [-0.39, 0.29) is 0 Å². The molecule has 2 saturated heterocycles. The maximum Gasteiger partial charge on any atom is 0.127 e. The third-order valence-electron chi connectivity index (χ3n) is 7.86. The molecule has 1 aliphatic carbocycles. The van der Waals surface area contributed by atoms with Crippen LogP contribution in [0.4, 0.5) is 0 Å². The van der Waals surface area contributed by atoms with E-state index in [0.29, 0.717) is 25.4 Å². The molecule has 9 rings (SSSR count). The molecule has 0 N–H and O–H groups in total. The van der Waals surface area contributed by atoms with Crippen LogP contribution in [0.3, 0.4) is 0 Å². The Labute approximate surface area is 252 Å². The molecule has 2 fully saturated rings. The standard InChI is InChI=1S/2C13H12O2.C13H10/c2*1-2-6-12-10(4-1)5-3-7-13(12)15-9-11-8-14-11;1-3-7-12-10(5-1)9-11-6-2-4-8-13(11)12/h2*1-7,11H,8-9H2;1-8H,9H2. The summed E-state index contributed by atoms with van der Waals surface area (Å²) in [4.78, 5) is 0. The van der Waals surface area contributed by atoms with Crippen molar-refractivity contribution in [2.24, 2.45) is 0 Å². The molecule has 3 aliphatic rings. The zero-order valence-corrected chi connectivity index (χ0v) is 24.0. The number of hydrogen-bond donors (Lipinski definition) is 0. The third kappa shape index (κ3) is 6.72. The Kier molecular flexibility index (Phi) is 8.04. The minimum atomic E-state index is 0.309. The molecule has 214 valence electrons. The van der Waals surface area contributed by atoms with Gasteiger partial charge >= 0.3 is 0 Å². The maximum atomic E-state index is 5.72. The van der Waals surface area contributed by atoms with Crippen molar-refractivity contribution in [1.82, 2.24) is 0 Å². The molecule has 0 saturated carbocycles. The third-order valence-corrected chi connectivity index (χ3v) is 7.86. The first kappa shape index (κ1) is 27.2. The molecular weight excluding hydrogens is 532 g/mol. The molecule has 2 atom stereocenters. The molecule has 0 amide bonds. The Hall–Kier alpha value is -4.64. The molecular formula is C39H34O4. The van der Waals surface area contributed by atoms with Crippen LogP contribution in [-0.2, 0) is 15.9 Å². The summed E-state index contributed by atoms with van der Waals surface area (Å²) in [5, 5.41) is 4.76. The van der Waals surface area contributed by atoms with Crippen LogP contribution in [0.25, 0.3) is 32.7 Å². The number of ether oxygens (including phenoxy) is 4. The lowest BCUT2D eigenvalue weighted by Crippen LogP contribution is -2.04. The molecule has 0 bridgehead atoms. The van der Waals surface area contributed by atoms with Gasteiger partial charge in [-0.15, -0.1) is 0 Å². The van der Waals surface area contributed by atoms with Gasteiger partial charge in [0.1, 0.15) is 36.9 Å². The van der Waals surface area contributed by atoms with E-state index in [4.69, 9.17) is 18.9 Å². The van der Waals surface area contributed by atoms with Crippen LogP contribution < -0.4 is 9.47 Å². The maximum absolute atomic E-state index is 5.72. The summed E-state index contributed by atoms with van der Waals surface area (Å²) in [5.74, 6) is 1.90. The van der Waals surface area contributed by atoms with Crippen LogP contribution in [0, 0.1) is 0 Å². The second-order valence-corrected chi connectivity index (χ2v) is 11.0. The summed E-state index contributed by atoms with van der Waals surface area (Å²) in [5.41, 5.74) is 5.75. The SMILES string of the molecule is c1ccc2c(OCC3CO3)cccc2c1.c1ccc2c(OCC3CO3)cccc2c1.c1ccc2c(c1)Cc1ccccc1-2. The van der Waals surface area contributed by atoms with E-state index in [9.17, 15) is 0 Å². The number of fused-ring (bicyclic) bond motifs is 5. The summed E-state index contributed by atoms with van der Waals surface area (Å²) >= 11 is 0. The van der Waals surface area contributed by atoms with Gasteiger partial charge in [0.05, 0.1) is 13.2 Å². The Morgan fingerprint density at radius 1 is 0.465 bits per heavy atom. The molecule has 2 unspecified atom stereocenters. The topological polar surface area (TPSA) is 43.5 Å². The molecule has 0 spiro atoms. The molecule has 2 aliphatic heterocycles. The van der Waals surface area contributed by atoms with Crippen molar-refractivity contribution in [3.05, 3.63) is 145 Å². The van der Waals surface area contributed by atoms with Gasteiger partial charge in [0, 0.05) is 10.8 Å². The summed E-state index contributed by atoms with van der Waals surface area (Å²) in [6, 6.07) is 46.0. The van der Waals surface area contributed by atoms with Crippen LogP contribution in [-0.4, -0.2) is 38.6 Å². The molecule has 0 radical (unpaired) electrons. The highest BCUT2D eigenvalue weighted by molar-refractivity contribution is 5.89. The highest BCUT2D eigenvalue weighted by Crippen LogP contribution is 2.35. The molecule has 0 aromatic heterocycles. The van der Waals surface area contributed by atoms with E-state index in [1.807, 2.05) is 48.5 Å². The van der Waals surface area contributed by atoms with Gasteiger partial charge in [-0.05, 0) is 51.6 Å². The second kappa shape index (κ2) is 12.7. The normalized spacial score (nSPS) is 17.0. The monoisotopic (exact) mass is 566 g/mol. The highest BCUT2D eigenvalue weighted by atomic mass is 16.6. The van der Waals surface area contributed by atoms with E-state index in [0.717, 1.165) is 31.1 Å². The molecule has 6 aromatic rings. The highest BCUT2D eigenvalue weighted by Gasteiger charge is 2.24. The van der Waals surface area contributed by atoms with Gasteiger partial charge in [-0.3, -0.25) is 0 Å². The molecule has 4 heteroatoms. The van der Waals surface area contributed by atoms with E-state index in [1.54, 1.807) is 0 Å². The fraction of sp³-hybridized carbons (Fsp3) is 0.179. The Morgan fingerprint density at radius 3 is 1.33 bits per heavy atom. The van der Waals surface area contributed by atoms with Gasteiger partial charge < -0.3 is 18.9 Å². The van der Waals surface area contributed by atoms with Gasteiger partial charge in [0.25, 0.3) is 0 Å². The first-order valence-electron chi connectivity index (χ1n) is 14.9. The quantitative estimate of drug-likeness (QED) is 0.189. The summed E-state index contributed by atoms with van der Waals surface area (Å²) in [6.07, 6.45) is 1.72. The lowest BCUT2D eigenvalue weighted by molar-refractivity contribution is 0.265. The van der Waals surface area contributed by atoms with Crippen molar-refractivity contribution in [3.63, 3.8) is 0 Å². The van der Waals surface area contributed by atoms with Crippen LogP contribution in [0.2, 0.25) is 0 Å².